The molecule has 2 heteroatoms. The van der Waals surface area contributed by atoms with Crippen molar-refractivity contribution in [3.63, 3.8) is 0 Å². The molecule has 0 amide bonds. The SMILES string of the molecule is c1ccc(-c2cccc3c2oc2c(-c4cccc(-c5ccc6cc(N(c7ccccc7)c7cccc8ccccc78)ccc6c5)c4)cccc23)cc1. The summed E-state index contributed by atoms with van der Waals surface area (Å²) in [5, 5.41) is 7.10. The first-order valence-corrected chi connectivity index (χ1v) is 17.8. The summed E-state index contributed by atoms with van der Waals surface area (Å²) in [6, 6.07) is 71.5. The highest BCUT2D eigenvalue weighted by atomic mass is 16.3. The Balaban J connectivity index is 1.04. The predicted molar refractivity (Wildman–Crippen MR) is 220 cm³/mol. The second-order valence-electron chi connectivity index (χ2n) is 13.3. The highest BCUT2D eigenvalue weighted by molar-refractivity contribution is 6.13. The number of fused-ring (bicyclic) bond motifs is 5. The standard InChI is InChI=1S/C50H33NO/c1-3-13-35(14-4-1)44-22-11-24-46-47-25-12-23-45(50(47)52-49(44)46)40-18-9-17-36(32-40)37-27-28-39-33-42(30-29-38(39)31-37)51(41-19-5-2-6-20-41)48-26-10-16-34-15-7-8-21-43(34)48/h1-33H. The summed E-state index contributed by atoms with van der Waals surface area (Å²) in [5.41, 5.74) is 12.1. The smallest absolute Gasteiger partial charge is 0.143 e. The topological polar surface area (TPSA) is 16.4 Å². The van der Waals surface area contributed by atoms with Crippen molar-refractivity contribution in [3.8, 4) is 33.4 Å². The molecule has 0 bridgehead atoms. The van der Waals surface area contributed by atoms with Crippen LogP contribution in [0.4, 0.5) is 17.1 Å². The van der Waals surface area contributed by atoms with Crippen LogP contribution >= 0.6 is 0 Å². The van der Waals surface area contributed by atoms with Crippen LogP contribution < -0.4 is 4.90 Å². The normalized spacial score (nSPS) is 11.5. The molecule has 10 aromatic rings. The molecule has 0 aliphatic heterocycles. The average Bonchev–Trinajstić information content (AvgIpc) is 3.61. The monoisotopic (exact) mass is 663 g/mol. The molecule has 0 radical (unpaired) electrons. The minimum Gasteiger partial charge on any atom is -0.455 e. The molecular formula is C50H33NO. The summed E-state index contributed by atoms with van der Waals surface area (Å²) >= 11 is 0. The molecule has 10 rings (SSSR count). The minimum atomic E-state index is 0.915. The lowest BCUT2D eigenvalue weighted by Gasteiger charge is -2.27. The number of benzene rings is 9. The summed E-state index contributed by atoms with van der Waals surface area (Å²) in [6.45, 7) is 0. The minimum absolute atomic E-state index is 0.915. The van der Waals surface area contributed by atoms with Gasteiger partial charge in [0.2, 0.25) is 0 Å². The first kappa shape index (κ1) is 30.0. The quantitative estimate of drug-likeness (QED) is 0.176. The van der Waals surface area contributed by atoms with Crippen LogP contribution in [0.1, 0.15) is 0 Å². The molecule has 1 aromatic heterocycles. The number of furan rings is 1. The molecule has 0 fully saturated rings. The van der Waals surface area contributed by atoms with Crippen molar-refractivity contribution >= 4 is 60.5 Å². The van der Waals surface area contributed by atoms with Gasteiger partial charge < -0.3 is 9.32 Å². The summed E-state index contributed by atoms with van der Waals surface area (Å²) < 4.78 is 6.74. The van der Waals surface area contributed by atoms with Crippen molar-refractivity contribution in [2.75, 3.05) is 4.90 Å². The van der Waals surface area contributed by atoms with Gasteiger partial charge >= 0.3 is 0 Å². The molecule has 0 atom stereocenters. The Morgan fingerprint density at radius 2 is 0.865 bits per heavy atom. The van der Waals surface area contributed by atoms with Crippen LogP contribution in [0.15, 0.2) is 205 Å². The van der Waals surface area contributed by atoms with Crippen LogP contribution in [0.3, 0.4) is 0 Å². The van der Waals surface area contributed by atoms with Crippen LogP contribution in [0.25, 0.3) is 76.9 Å². The summed E-state index contributed by atoms with van der Waals surface area (Å²) in [4.78, 5) is 2.36. The molecule has 244 valence electrons. The zero-order valence-electron chi connectivity index (χ0n) is 28.4. The predicted octanol–water partition coefficient (Wildman–Crippen LogP) is 14.4. The fourth-order valence-corrected chi connectivity index (χ4v) is 7.72. The first-order chi connectivity index (χ1) is 25.8. The van der Waals surface area contributed by atoms with Crippen LogP contribution in [0, 0.1) is 0 Å². The Hall–Kier alpha value is -6.90. The van der Waals surface area contributed by atoms with E-state index in [2.05, 4.69) is 199 Å². The lowest BCUT2D eigenvalue weighted by molar-refractivity contribution is 0.671. The van der Waals surface area contributed by atoms with Crippen molar-refractivity contribution in [3.05, 3.63) is 200 Å². The van der Waals surface area contributed by atoms with Gasteiger partial charge in [0.25, 0.3) is 0 Å². The molecule has 1 heterocycles. The van der Waals surface area contributed by atoms with Gasteiger partial charge in [-0.3, -0.25) is 0 Å². The van der Waals surface area contributed by atoms with E-state index in [9.17, 15) is 0 Å². The molecule has 0 saturated heterocycles. The van der Waals surface area contributed by atoms with Crippen molar-refractivity contribution in [2.24, 2.45) is 0 Å². The molecule has 0 N–H and O–H groups in total. The van der Waals surface area contributed by atoms with E-state index in [1.54, 1.807) is 0 Å². The van der Waals surface area contributed by atoms with E-state index in [1.807, 2.05) is 6.07 Å². The Morgan fingerprint density at radius 1 is 0.308 bits per heavy atom. The number of anilines is 3. The van der Waals surface area contributed by atoms with Gasteiger partial charge in [0, 0.05) is 38.7 Å². The van der Waals surface area contributed by atoms with Gasteiger partial charge in [0.05, 0.1) is 5.69 Å². The van der Waals surface area contributed by atoms with Gasteiger partial charge in [0.15, 0.2) is 0 Å². The van der Waals surface area contributed by atoms with Crippen LogP contribution in [-0.2, 0) is 0 Å². The molecule has 0 aliphatic rings. The Morgan fingerprint density at radius 3 is 1.67 bits per heavy atom. The number of para-hydroxylation sites is 3. The number of hydrogen-bond acceptors (Lipinski definition) is 2. The lowest BCUT2D eigenvalue weighted by Crippen LogP contribution is -2.10. The third-order valence-corrected chi connectivity index (χ3v) is 10.2. The van der Waals surface area contributed by atoms with Gasteiger partial charge in [-0.2, -0.15) is 0 Å². The molecule has 0 spiro atoms. The number of nitrogens with zero attached hydrogens (tertiary/aromatic N) is 1. The molecule has 9 aromatic carbocycles. The van der Waals surface area contributed by atoms with E-state index < -0.39 is 0 Å². The molecular weight excluding hydrogens is 631 g/mol. The first-order valence-electron chi connectivity index (χ1n) is 17.8. The third kappa shape index (κ3) is 5.12. The highest BCUT2D eigenvalue weighted by Gasteiger charge is 2.17. The van der Waals surface area contributed by atoms with Crippen molar-refractivity contribution < 1.29 is 4.42 Å². The number of rotatable bonds is 6. The van der Waals surface area contributed by atoms with Gasteiger partial charge in [-0.1, -0.05) is 158 Å². The fourth-order valence-electron chi connectivity index (χ4n) is 7.72. The van der Waals surface area contributed by atoms with Gasteiger partial charge in [-0.25, -0.2) is 0 Å². The van der Waals surface area contributed by atoms with Crippen molar-refractivity contribution in [1.82, 2.24) is 0 Å². The maximum absolute atomic E-state index is 6.74. The van der Waals surface area contributed by atoms with E-state index in [4.69, 9.17) is 4.42 Å². The fraction of sp³-hybridized carbons (Fsp3) is 0. The number of hydrogen-bond donors (Lipinski definition) is 0. The van der Waals surface area contributed by atoms with Crippen LogP contribution in [0.2, 0.25) is 0 Å². The zero-order valence-corrected chi connectivity index (χ0v) is 28.4. The Kier molecular flexibility index (Phi) is 7.18. The second-order valence-corrected chi connectivity index (χ2v) is 13.3. The van der Waals surface area contributed by atoms with Crippen LogP contribution in [-0.4, -0.2) is 0 Å². The van der Waals surface area contributed by atoms with E-state index in [-0.39, 0.29) is 0 Å². The van der Waals surface area contributed by atoms with E-state index >= 15 is 0 Å². The molecule has 0 unspecified atom stereocenters. The molecule has 0 saturated carbocycles. The highest BCUT2D eigenvalue weighted by Crippen LogP contribution is 2.42. The van der Waals surface area contributed by atoms with Gasteiger partial charge in [-0.05, 0) is 80.9 Å². The maximum Gasteiger partial charge on any atom is 0.143 e. The zero-order chi connectivity index (χ0) is 34.4. The van der Waals surface area contributed by atoms with Crippen molar-refractivity contribution in [2.45, 2.75) is 0 Å². The van der Waals surface area contributed by atoms with E-state index in [0.29, 0.717) is 0 Å². The van der Waals surface area contributed by atoms with Crippen LogP contribution in [0.5, 0.6) is 0 Å². The molecule has 0 aliphatic carbocycles. The third-order valence-electron chi connectivity index (χ3n) is 10.2. The largest absolute Gasteiger partial charge is 0.455 e. The lowest BCUT2D eigenvalue weighted by atomic mass is 9.96. The van der Waals surface area contributed by atoms with Gasteiger partial charge in [-0.15, -0.1) is 0 Å². The molecule has 2 nitrogen and oxygen atoms in total. The van der Waals surface area contributed by atoms with E-state index in [1.165, 1.54) is 32.7 Å². The second kappa shape index (κ2) is 12.5. The maximum atomic E-state index is 6.74. The van der Waals surface area contributed by atoms with Crippen molar-refractivity contribution in [1.29, 1.82) is 0 Å². The average molecular weight is 664 g/mol. The van der Waals surface area contributed by atoms with Gasteiger partial charge in [0.1, 0.15) is 11.2 Å². The summed E-state index contributed by atoms with van der Waals surface area (Å²) in [6.07, 6.45) is 0. The van der Waals surface area contributed by atoms with E-state index in [0.717, 1.165) is 61.3 Å². The summed E-state index contributed by atoms with van der Waals surface area (Å²) in [7, 11) is 0. The summed E-state index contributed by atoms with van der Waals surface area (Å²) in [5.74, 6) is 0. The Labute approximate surface area is 302 Å². The molecule has 52 heavy (non-hydrogen) atoms. The Bertz CT molecular complexity index is 2900.